The normalized spacial score (nSPS) is 10.6. The predicted molar refractivity (Wildman–Crippen MR) is 79.2 cm³/mol. The molecule has 0 aliphatic carbocycles. The van der Waals surface area contributed by atoms with Crippen LogP contribution in [0, 0.1) is 11.3 Å². The van der Waals surface area contributed by atoms with Gasteiger partial charge in [0.1, 0.15) is 11.6 Å². The molecule has 1 aromatic carbocycles. The first-order valence-electron chi connectivity index (χ1n) is 5.60. The van der Waals surface area contributed by atoms with E-state index in [9.17, 15) is 9.90 Å². The largest absolute Gasteiger partial charge is 0.504 e. The van der Waals surface area contributed by atoms with Crippen LogP contribution in [0.4, 0.5) is 0 Å². The summed E-state index contributed by atoms with van der Waals surface area (Å²) in [6.07, 6.45) is 2.89. The molecule has 0 radical (unpaired) electrons. The third-order valence-electron chi connectivity index (χ3n) is 2.37. The molecule has 0 spiro atoms. The molecule has 0 unspecified atom stereocenters. The van der Waals surface area contributed by atoms with Gasteiger partial charge in [-0.1, -0.05) is 22.0 Å². The molecule has 0 aromatic heterocycles. The number of phenols is 1. The molecular weight excluding hydrogens is 324 g/mol. The number of nitrogens with one attached hydrogen (secondary N) is 1. The Morgan fingerprint density at radius 3 is 2.90 bits per heavy atom. The number of nitriles is 1. The fourth-order valence-electron chi connectivity index (χ4n) is 1.40. The summed E-state index contributed by atoms with van der Waals surface area (Å²) in [5, 5.41) is 21.2. The SMILES string of the molecule is C=CCNC(=O)/C(C#N)=C/c1cc(O)c(OC)cc1Br. The Morgan fingerprint density at radius 1 is 1.65 bits per heavy atom. The molecule has 0 bridgehead atoms. The minimum absolute atomic E-state index is 0.0721. The summed E-state index contributed by atoms with van der Waals surface area (Å²) in [6.45, 7) is 3.75. The van der Waals surface area contributed by atoms with Crippen molar-refractivity contribution in [2.75, 3.05) is 13.7 Å². The second kappa shape index (κ2) is 7.36. The van der Waals surface area contributed by atoms with Gasteiger partial charge in [-0.3, -0.25) is 4.79 Å². The van der Waals surface area contributed by atoms with Crippen molar-refractivity contribution in [1.82, 2.24) is 5.32 Å². The fraction of sp³-hybridized carbons (Fsp3) is 0.143. The van der Waals surface area contributed by atoms with Gasteiger partial charge in [-0.15, -0.1) is 6.58 Å². The van der Waals surface area contributed by atoms with E-state index in [1.807, 2.05) is 6.07 Å². The van der Waals surface area contributed by atoms with Crippen LogP contribution in [0.5, 0.6) is 11.5 Å². The van der Waals surface area contributed by atoms with Crippen molar-refractivity contribution in [3.63, 3.8) is 0 Å². The summed E-state index contributed by atoms with van der Waals surface area (Å²) in [7, 11) is 1.43. The maximum atomic E-state index is 11.7. The molecule has 0 aliphatic rings. The van der Waals surface area contributed by atoms with Crippen LogP contribution in [0.3, 0.4) is 0 Å². The lowest BCUT2D eigenvalue weighted by Gasteiger charge is -2.07. The highest BCUT2D eigenvalue weighted by atomic mass is 79.9. The molecule has 0 saturated heterocycles. The van der Waals surface area contributed by atoms with Crippen LogP contribution in [0.1, 0.15) is 5.56 Å². The Balaban J connectivity index is 3.14. The lowest BCUT2D eigenvalue weighted by Crippen LogP contribution is -2.24. The second-order valence-electron chi connectivity index (χ2n) is 3.71. The average Bonchev–Trinajstić information content (AvgIpc) is 2.44. The maximum absolute atomic E-state index is 11.7. The molecule has 5 nitrogen and oxygen atoms in total. The average molecular weight is 337 g/mol. The highest BCUT2D eigenvalue weighted by Gasteiger charge is 2.11. The third kappa shape index (κ3) is 3.87. The summed E-state index contributed by atoms with van der Waals surface area (Å²) < 4.78 is 5.55. The van der Waals surface area contributed by atoms with Crippen LogP contribution >= 0.6 is 15.9 Å². The Hall–Kier alpha value is -2.26. The third-order valence-corrected chi connectivity index (χ3v) is 3.06. The van der Waals surface area contributed by atoms with Crippen molar-refractivity contribution in [3.05, 3.63) is 40.4 Å². The van der Waals surface area contributed by atoms with Gasteiger partial charge < -0.3 is 15.2 Å². The lowest BCUT2D eigenvalue weighted by molar-refractivity contribution is -0.116. The van der Waals surface area contributed by atoms with E-state index < -0.39 is 5.91 Å². The van der Waals surface area contributed by atoms with Crippen LogP contribution in [0.15, 0.2) is 34.8 Å². The molecule has 0 saturated carbocycles. The minimum atomic E-state index is -0.505. The number of amides is 1. The predicted octanol–water partition coefficient (Wildman–Crippen LogP) is 2.37. The van der Waals surface area contributed by atoms with Gasteiger partial charge in [-0.25, -0.2) is 0 Å². The van der Waals surface area contributed by atoms with E-state index in [0.717, 1.165) is 0 Å². The zero-order valence-corrected chi connectivity index (χ0v) is 12.4. The van der Waals surface area contributed by atoms with Gasteiger partial charge >= 0.3 is 0 Å². The Labute approximate surface area is 125 Å². The van der Waals surface area contributed by atoms with Crippen molar-refractivity contribution in [2.45, 2.75) is 0 Å². The molecule has 2 N–H and O–H groups in total. The van der Waals surface area contributed by atoms with Gasteiger partial charge in [-0.2, -0.15) is 5.26 Å². The molecule has 20 heavy (non-hydrogen) atoms. The van der Waals surface area contributed by atoms with Gasteiger partial charge in [0, 0.05) is 11.0 Å². The Morgan fingerprint density at radius 2 is 2.35 bits per heavy atom. The maximum Gasteiger partial charge on any atom is 0.262 e. The van der Waals surface area contributed by atoms with Gasteiger partial charge in [0.25, 0.3) is 5.91 Å². The second-order valence-corrected chi connectivity index (χ2v) is 4.57. The Bertz CT molecular complexity index is 603. The number of carbonyl (C=O) groups is 1. The van der Waals surface area contributed by atoms with E-state index in [4.69, 9.17) is 10.00 Å². The first-order valence-corrected chi connectivity index (χ1v) is 6.40. The van der Waals surface area contributed by atoms with E-state index in [1.54, 1.807) is 6.07 Å². The highest BCUT2D eigenvalue weighted by Crippen LogP contribution is 2.33. The number of aromatic hydroxyl groups is 1. The molecule has 6 heteroatoms. The summed E-state index contributed by atoms with van der Waals surface area (Å²) >= 11 is 3.29. The summed E-state index contributed by atoms with van der Waals surface area (Å²) in [5.74, 6) is -0.288. The zero-order valence-electron chi connectivity index (χ0n) is 10.8. The summed E-state index contributed by atoms with van der Waals surface area (Å²) in [5.41, 5.74) is 0.422. The van der Waals surface area contributed by atoms with Crippen molar-refractivity contribution >= 4 is 27.9 Å². The number of benzene rings is 1. The van der Waals surface area contributed by atoms with Crippen molar-refractivity contribution in [3.8, 4) is 17.6 Å². The molecule has 1 aromatic rings. The number of halogens is 1. The van der Waals surface area contributed by atoms with Crippen molar-refractivity contribution in [2.24, 2.45) is 0 Å². The number of rotatable bonds is 5. The van der Waals surface area contributed by atoms with Gasteiger partial charge in [0.2, 0.25) is 0 Å². The van der Waals surface area contributed by atoms with Gasteiger partial charge in [-0.05, 0) is 23.8 Å². The number of hydrogen-bond donors (Lipinski definition) is 2. The van der Waals surface area contributed by atoms with Crippen molar-refractivity contribution < 1.29 is 14.6 Å². The number of hydrogen-bond acceptors (Lipinski definition) is 4. The molecule has 0 aliphatic heterocycles. The summed E-state index contributed by atoms with van der Waals surface area (Å²) in [6, 6.07) is 4.77. The first kappa shape index (κ1) is 15.8. The van der Waals surface area contributed by atoms with Crippen LogP contribution in [-0.4, -0.2) is 24.7 Å². The van der Waals surface area contributed by atoms with Crippen LogP contribution in [-0.2, 0) is 4.79 Å². The zero-order chi connectivity index (χ0) is 15.1. The monoisotopic (exact) mass is 336 g/mol. The molecule has 0 heterocycles. The van der Waals surface area contributed by atoms with E-state index in [0.29, 0.717) is 15.8 Å². The quantitative estimate of drug-likeness (QED) is 0.491. The highest BCUT2D eigenvalue weighted by molar-refractivity contribution is 9.10. The molecular formula is C14H13BrN2O3. The van der Waals surface area contributed by atoms with Gasteiger partial charge in [0.05, 0.1) is 7.11 Å². The fourth-order valence-corrected chi connectivity index (χ4v) is 1.83. The minimum Gasteiger partial charge on any atom is -0.504 e. The van der Waals surface area contributed by atoms with Crippen LogP contribution < -0.4 is 10.1 Å². The van der Waals surface area contributed by atoms with E-state index in [1.165, 1.54) is 25.3 Å². The van der Waals surface area contributed by atoms with Crippen molar-refractivity contribution in [1.29, 1.82) is 5.26 Å². The van der Waals surface area contributed by atoms with E-state index in [-0.39, 0.29) is 17.9 Å². The molecule has 1 rings (SSSR count). The molecule has 0 atom stereocenters. The lowest BCUT2D eigenvalue weighted by atomic mass is 10.1. The number of methoxy groups -OCH3 is 1. The Kier molecular flexibility index (Phi) is 5.81. The smallest absolute Gasteiger partial charge is 0.262 e. The number of nitrogens with zero attached hydrogens (tertiary/aromatic N) is 1. The standard InChI is InChI=1S/C14H13BrN2O3/c1-3-4-17-14(19)10(8-16)5-9-6-12(18)13(20-2)7-11(9)15/h3,5-7,18H,1,4H2,2H3,(H,17,19)/b10-5+. The van der Waals surface area contributed by atoms with Crippen LogP contribution in [0.2, 0.25) is 0 Å². The van der Waals surface area contributed by atoms with E-state index in [2.05, 4.69) is 27.8 Å². The number of ether oxygens (including phenoxy) is 1. The number of phenolic OH excluding ortho intramolecular Hbond substituents is 1. The van der Waals surface area contributed by atoms with Crippen LogP contribution in [0.25, 0.3) is 6.08 Å². The van der Waals surface area contributed by atoms with Gasteiger partial charge in [0.15, 0.2) is 11.5 Å². The first-order chi connectivity index (χ1) is 9.53. The molecule has 0 fully saturated rings. The molecule has 1 amide bonds. The molecule has 104 valence electrons. The summed E-state index contributed by atoms with van der Waals surface area (Å²) in [4.78, 5) is 11.7. The van der Waals surface area contributed by atoms with E-state index >= 15 is 0 Å². The topological polar surface area (TPSA) is 82.4 Å². The number of carbonyl (C=O) groups excluding carboxylic acids is 1.